The Balaban J connectivity index is 2.19. The van der Waals surface area contributed by atoms with Gasteiger partial charge in [-0.25, -0.2) is 4.79 Å². The van der Waals surface area contributed by atoms with Gasteiger partial charge in [-0.05, 0) is 24.6 Å². The Morgan fingerprint density at radius 2 is 2.16 bits per heavy atom. The van der Waals surface area contributed by atoms with Crippen molar-refractivity contribution in [2.75, 3.05) is 5.32 Å². The van der Waals surface area contributed by atoms with Gasteiger partial charge >= 0.3 is 5.97 Å². The summed E-state index contributed by atoms with van der Waals surface area (Å²) in [6.45, 7) is 1.75. The standard InChI is InChI=1S/C13H13N3O3/c1-8-3-2-4-10(13(18)19)12(8)15-11(17)7-9-5-6-14-16-9/h2-6H,7H2,1H3,(H,14,16)(H,15,17)(H,18,19). The van der Waals surface area contributed by atoms with Gasteiger partial charge in [0, 0.05) is 11.9 Å². The van der Waals surface area contributed by atoms with Crippen molar-refractivity contribution < 1.29 is 14.7 Å². The average molecular weight is 259 g/mol. The minimum absolute atomic E-state index is 0.0814. The molecule has 0 aliphatic rings. The number of anilines is 1. The van der Waals surface area contributed by atoms with Gasteiger partial charge in [0.2, 0.25) is 5.91 Å². The van der Waals surface area contributed by atoms with Crippen LogP contribution in [-0.2, 0) is 11.2 Å². The van der Waals surface area contributed by atoms with Crippen LogP contribution in [0.2, 0.25) is 0 Å². The van der Waals surface area contributed by atoms with E-state index in [1.807, 2.05) is 0 Å². The number of hydrogen-bond donors (Lipinski definition) is 3. The van der Waals surface area contributed by atoms with Gasteiger partial charge in [0.1, 0.15) is 0 Å². The van der Waals surface area contributed by atoms with Gasteiger partial charge < -0.3 is 10.4 Å². The van der Waals surface area contributed by atoms with Crippen molar-refractivity contribution in [3.63, 3.8) is 0 Å². The van der Waals surface area contributed by atoms with Crippen molar-refractivity contribution in [2.24, 2.45) is 0 Å². The molecular formula is C13H13N3O3. The maximum absolute atomic E-state index is 11.9. The van der Waals surface area contributed by atoms with Gasteiger partial charge in [-0.3, -0.25) is 9.89 Å². The van der Waals surface area contributed by atoms with Crippen molar-refractivity contribution in [3.05, 3.63) is 47.3 Å². The van der Waals surface area contributed by atoms with E-state index in [9.17, 15) is 9.59 Å². The number of benzene rings is 1. The lowest BCUT2D eigenvalue weighted by atomic mass is 10.1. The fraction of sp³-hybridized carbons (Fsp3) is 0.154. The highest BCUT2D eigenvalue weighted by Gasteiger charge is 2.14. The monoisotopic (exact) mass is 259 g/mol. The van der Waals surface area contributed by atoms with E-state index in [0.29, 0.717) is 16.9 Å². The lowest BCUT2D eigenvalue weighted by Crippen LogP contribution is -2.18. The maximum atomic E-state index is 11.9. The fourth-order valence-corrected chi connectivity index (χ4v) is 1.75. The molecule has 0 fully saturated rings. The summed E-state index contributed by atoms with van der Waals surface area (Å²) in [6, 6.07) is 6.54. The Morgan fingerprint density at radius 3 is 2.79 bits per heavy atom. The smallest absolute Gasteiger partial charge is 0.337 e. The fourth-order valence-electron chi connectivity index (χ4n) is 1.75. The van der Waals surface area contributed by atoms with Gasteiger partial charge in [0.25, 0.3) is 0 Å². The van der Waals surface area contributed by atoms with Crippen molar-refractivity contribution >= 4 is 17.6 Å². The molecule has 2 aromatic rings. The number of carbonyl (C=O) groups is 2. The quantitative estimate of drug-likeness (QED) is 0.777. The van der Waals surface area contributed by atoms with Crippen LogP contribution >= 0.6 is 0 Å². The summed E-state index contributed by atoms with van der Waals surface area (Å²) >= 11 is 0. The maximum Gasteiger partial charge on any atom is 0.337 e. The first-order chi connectivity index (χ1) is 9.08. The molecule has 0 unspecified atom stereocenters. The average Bonchev–Trinajstić information content (AvgIpc) is 2.84. The molecule has 3 N–H and O–H groups in total. The molecule has 0 spiro atoms. The highest BCUT2D eigenvalue weighted by molar-refractivity contribution is 6.01. The molecule has 0 saturated carbocycles. The number of H-pyrrole nitrogens is 1. The number of rotatable bonds is 4. The second kappa shape index (κ2) is 5.34. The Hall–Kier alpha value is -2.63. The Bertz CT molecular complexity index is 606. The Morgan fingerprint density at radius 1 is 1.37 bits per heavy atom. The second-order valence-corrected chi connectivity index (χ2v) is 4.11. The van der Waals surface area contributed by atoms with Gasteiger partial charge in [0.15, 0.2) is 0 Å². The lowest BCUT2D eigenvalue weighted by Gasteiger charge is -2.11. The summed E-state index contributed by atoms with van der Waals surface area (Å²) in [5.74, 6) is -1.36. The zero-order chi connectivity index (χ0) is 13.8. The minimum Gasteiger partial charge on any atom is -0.478 e. The van der Waals surface area contributed by atoms with Crippen LogP contribution in [0.25, 0.3) is 0 Å². The summed E-state index contributed by atoms with van der Waals surface area (Å²) in [5.41, 5.74) is 1.79. The summed E-state index contributed by atoms with van der Waals surface area (Å²) in [5, 5.41) is 18.1. The number of amides is 1. The number of aromatic amines is 1. The molecule has 19 heavy (non-hydrogen) atoms. The molecule has 6 heteroatoms. The Labute approximate surface area is 109 Å². The van der Waals surface area contributed by atoms with Crippen molar-refractivity contribution in [3.8, 4) is 0 Å². The van der Waals surface area contributed by atoms with Crippen LogP contribution in [0, 0.1) is 6.92 Å². The van der Waals surface area contributed by atoms with Gasteiger partial charge in [0.05, 0.1) is 17.7 Å². The topological polar surface area (TPSA) is 95.1 Å². The summed E-state index contributed by atoms with van der Waals surface area (Å²) in [6.07, 6.45) is 1.67. The number of carboxylic acids is 1. The largest absolute Gasteiger partial charge is 0.478 e. The summed E-state index contributed by atoms with van der Waals surface area (Å²) in [7, 11) is 0. The lowest BCUT2D eigenvalue weighted by molar-refractivity contribution is -0.115. The van der Waals surface area contributed by atoms with E-state index in [1.54, 1.807) is 31.3 Å². The normalized spacial score (nSPS) is 10.2. The zero-order valence-corrected chi connectivity index (χ0v) is 10.3. The van der Waals surface area contributed by atoms with Gasteiger partial charge in [-0.1, -0.05) is 12.1 Å². The molecule has 1 amide bonds. The minimum atomic E-state index is -1.07. The first kappa shape index (κ1) is 12.8. The van der Waals surface area contributed by atoms with Crippen LogP contribution in [0.3, 0.4) is 0 Å². The van der Waals surface area contributed by atoms with E-state index < -0.39 is 5.97 Å². The number of carboxylic acid groups (broad SMARTS) is 1. The number of nitrogens with one attached hydrogen (secondary N) is 2. The molecule has 98 valence electrons. The van der Waals surface area contributed by atoms with Crippen LogP contribution in [0.15, 0.2) is 30.5 Å². The first-order valence-electron chi connectivity index (χ1n) is 5.69. The van der Waals surface area contributed by atoms with Crippen molar-refractivity contribution in [1.29, 1.82) is 0 Å². The van der Waals surface area contributed by atoms with Gasteiger partial charge in [-0.15, -0.1) is 0 Å². The molecule has 0 aliphatic heterocycles. The molecule has 0 atom stereocenters. The predicted molar refractivity (Wildman–Crippen MR) is 69.1 cm³/mol. The van der Waals surface area contributed by atoms with E-state index in [4.69, 9.17) is 5.11 Å². The number of aryl methyl sites for hydroxylation is 1. The first-order valence-corrected chi connectivity index (χ1v) is 5.69. The molecular weight excluding hydrogens is 246 g/mol. The van der Waals surface area contributed by atoms with Crippen LogP contribution < -0.4 is 5.32 Å². The third-order valence-electron chi connectivity index (χ3n) is 2.68. The second-order valence-electron chi connectivity index (χ2n) is 4.11. The predicted octanol–water partition coefficient (Wildman–Crippen LogP) is 1.60. The van der Waals surface area contributed by atoms with Crippen LogP contribution in [0.1, 0.15) is 21.6 Å². The van der Waals surface area contributed by atoms with E-state index in [2.05, 4.69) is 15.5 Å². The highest BCUT2D eigenvalue weighted by atomic mass is 16.4. The molecule has 2 rings (SSSR count). The number of carbonyl (C=O) groups excluding carboxylic acids is 1. The van der Waals surface area contributed by atoms with Crippen LogP contribution in [-0.4, -0.2) is 27.2 Å². The number of para-hydroxylation sites is 1. The molecule has 1 aromatic carbocycles. The van der Waals surface area contributed by atoms with Crippen molar-refractivity contribution in [2.45, 2.75) is 13.3 Å². The van der Waals surface area contributed by atoms with Crippen LogP contribution in [0.5, 0.6) is 0 Å². The van der Waals surface area contributed by atoms with E-state index in [-0.39, 0.29) is 17.9 Å². The molecule has 1 aromatic heterocycles. The number of nitrogens with zero attached hydrogens (tertiary/aromatic N) is 1. The zero-order valence-electron chi connectivity index (χ0n) is 10.3. The SMILES string of the molecule is Cc1cccc(C(=O)O)c1NC(=O)Cc1ccn[nH]1. The van der Waals surface area contributed by atoms with Crippen molar-refractivity contribution in [1.82, 2.24) is 10.2 Å². The molecule has 0 bridgehead atoms. The Kier molecular flexibility index (Phi) is 3.61. The molecule has 6 nitrogen and oxygen atoms in total. The molecule has 0 aliphatic carbocycles. The van der Waals surface area contributed by atoms with E-state index in [1.165, 1.54) is 6.07 Å². The summed E-state index contributed by atoms with van der Waals surface area (Å²) < 4.78 is 0. The van der Waals surface area contributed by atoms with Crippen LogP contribution in [0.4, 0.5) is 5.69 Å². The number of aromatic carboxylic acids is 1. The summed E-state index contributed by atoms with van der Waals surface area (Å²) in [4.78, 5) is 23.0. The third-order valence-corrected chi connectivity index (χ3v) is 2.68. The molecule has 1 heterocycles. The van der Waals surface area contributed by atoms with E-state index >= 15 is 0 Å². The molecule has 0 radical (unpaired) electrons. The van der Waals surface area contributed by atoms with E-state index in [0.717, 1.165) is 0 Å². The van der Waals surface area contributed by atoms with Gasteiger partial charge in [-0.2, -0.15) is 5.10 Å². The molecule has 0 saturated heterocycles. The highest BCUT2D eigenvalue weighted by Crippen LogP contribution is 2.20. The third kappa shape index (κ3) is 2.98. The number of aromatic nitrogens is 2. The number of hydrogen-bond acceptors (Lipinski definition) is 3.